The minimum Gasteiger partial charge on any atom is -0.356 e. The van der Waals surface area contributed by atoms with E-state index in [2.05, 4.69) is 24.1 Å². The normalized spacial score (nSPS) is 21.8. The van der Waals surface area contributed by atoms with Gasteiger partial charge in [-0.15, -0.1) is 0 Å². The molecule has 1 fully saturated rings. The van der Waals surface area contributed by atoms with Gasteiger partial charge in [0, 0.05) is 47.0 Å². The van der Waals surface area contributed by atoms with Gasteiger partial charge in [0.1, 0.15) is 0 Å². The van der Waals surface area contributed by atoms with Gasteiger partial charge in [0.15, 0.2) is 0 Å². The number of hydrogen-bond donors (Lipinski definition) is 2. The molecule has 1 amide bonds. The largest absolute Gasteiger partial charge is 0.356 e. The van der Waals surface area contributed by atoms with Crippen molar-refractivity contribution < 1.29 is 13.6 Å². The van der Waals surface area contributed by atoms with E-state index in [9.17, 15) is 13.6 Å². The van der Waals surface area contributed by atoms with Gasteiger partial charge in [-0.3, -0.25) is 4.79 Å². The SMILES string of the molecule is CC(C)CC1c2[nH]c3ccc(Cl)cc3c2CCN1C(=O)CNC1CC(F)(F)C1. The highest BCUT2D eigenvalue weighted by Gasteiger charge is 2.45. The fourth-order valence-corrected chi connectivity index (χ4v) is 4.64. The van der Waals surface area contributed by atoms with Crippen molar-refractivity contribution in [2.24, 2.45) is 5.92 Å². The predicted octanol–water partition coefficient (Wildman–Crippen LogP) is 4.68. The Balaban J connectivity index is 1.55. The Kier molecular flexibility index (Phi) is 5.12. The van der Waals surface area contributed by atoms with Crippen LogP contribution in [0.4, 0.5) is 8.78 Å². The molecule has 4 nitrogen and oxygen atoms in total. The average molecular weight is 410 g/mol. The number of aromatic nitrogens is 1. The average Bonchev–Trinajstić information content (AvgIpc) is 2.96. The third-order valence-electron chi connectivity index (χ3n) is 5.86. The lowest BCUT2D eigenvalue weighted by atomic mass is 9.88. The Morgan fingerprint density at radius 2 is 2.14 bits per heavy atom. The summed E-state index contributed by atoms with van der Waals surface area (Å²) in [5.74, 6) is -2.19. The number of carbonyl (C=O) groups is 1. The number of nitrogens with one attached hydrogen (secondary N) is 2. The first-order chi connectivity index (χ1) is 13.2. The Morgan fingerprint density at radius 3 is 2.82 bits per heavy atom. The molecule has 1 aromatic heterocycles. The first kappa shape index (κ1) is 19.6. The molecule has 1 aliphatic heterocycles. The summed E-state index contributed by atoms with van der Waals surface area (Å²) in [6, 6.07) is 5.52. The van der Waals surface area contributed by atoms with E-state index in [4.69, 9.17) is 11.6 Å². The fraction of sp³-hybridized carbons (Fsp3) is 0.571. The summed E-state index contributed by atoms with van der Waals surface area (Å²) in [6.45, 7) is 5.03. The Hall–Kier alpha value is -1.66. The number of H-pyrrole nitrogens is 1. The van der Waals surface area contributed by atoms with Crippen LogP contribution in [-0.4, -0.2) is 40.8 Å². The van der Waals surface area contributed by atoms with E-state index in [0.717, 1.165) is 29.4 Å². The molecular weight excluding hydrogens is 384 g/mol. The van der Waals surface area contributed by atoms with Crippen LogP contribution in [0.1, 0.15) is 50.4 Å². The molecule has 0 bridgehead atoms. The maximum atomic E-state index is 13.0. The summed E-state index contributed by atoms with van der Waals surface area (Å²) in [4.78, 5) is 18.3. The number of alkyl halides is 2. The van der Waals surface area contributed by atoms with Gasteiger partial charge in [-0.1, -0.05) is 25.4 Å². The van der Waals surface area contributed by atoms with Crippen LogP contribution in [0.25, 0.3) is 10.9 Å². The number of carbonyl (C=O) groups excluding carboxylic acids is 1. The Bertz CT molecular complexity index is 887. The maximum absolute atomic E-state index is 13.0. The van der Waals surface area contributed by atoms with Gasteiger partial charge >= 0.3 is 0 Å². The molecule has 2 heterocycles. The molecule has 0 spiro atoms. The van der Waals surface area contributed by atoms with Crippen LogP contribution in [0.2, 0.25) is 5.02 Å². The van der Waals surface area contributed by atoms with Gasteiger partial charge < -0.3 is 15.2 Å². The number of rotatable bonds is 5. The third kappa shape index (κ3) is 3.77. The molecule has 1 saturated carbocycles. The number of benzene rings is 1. The highest BCUT2D eigenvalue weighted by atomic mass is 35.5. The molecule has 1 atom stereocenters. The zero-order valence-corrected chi connectivity index (χ0v) is 17.0. The van der Waals surface area contributed by atoms with Crippen molar-refractivity contribution in [2.45, 2.75) is 57.5 Å². The first-order valence-corrected chi connectivity index (χ1v) is 10.3. The predicted molar refractivity (Wildman–Crippen MR) is 107 cm³/mol. The van der Waals surface area contributed by atoms with Crippen molar-refractivity contribution in [2.75, 3.05) is 13.1 Å². The molecule has 1 unspecified atom stereocenters. The van der Waals surface area contributed by atoms with Crippen LogP contribution >= 0.6 is 11.6 Å². The van der Waals surface area contributed by atoms with E-state index in [1.54, 1.807) is 0 Å². The summed E-state index contributed by atoms with van der Waals surface area (Å²) in [5, 5.41) is 4.83. The quantitative estimate of drug-likeness (QED) is 0.753. The number of amides is 1. The Morgan fingerprint density at radius 1 is 1.39 bits per heavy atom. The second-order valence-corrected chi connectivity index (χ2v) is 8.97. The maximum Gasteiger partial charge on any atom is 0.251 e. The number of nitrogens with zero attached hydrogens (tertiary/aromatic N) is 1. The molecule has 1 aromatic carbocycles. The van der Waals surface area contributed by atoms with E-state index in [1.807, 2.05) is 23.1 Å². The first-order valence-electron chi connectivity index (χ1n) is 9.94. The van der Waals surface area contributed by atoms with Gasteiger partial charge in [0.2, 0.25) is 5.91 Å². The Labute approximate surface area is 168 Å². The van der Waals surface area contributed by atoms with Crippen LogP contribution < -0.4 is 5.32 Å². The van der Waals surface area contributed by atoms with Gasteiger partial charge in [-0.2, -0.15) is 0 Å². The summed E-state index contributed by atoms with van der Waals surface area (Å²) in [6.07, 6.45) is 1.25. The molecule has 152 valence electrons. The molecule has 7 heteroatoms. The molecule has 0 radical (unpaired) electrons. The molecule has 28 heavy (non-hydrogen) atoms. The number of aromatic amines is 1. The lowest BCUT2D eigenvalue weighted by Crippen LogP contribution is -2.52. The van der Waals surface area contributed by atoms with Crippen LogP contribution in [0.5, 0.6) is 0 Å². The van der Waals surface area contributed by atoms with Crippen molar-refractivity contribution in [3.63, 3.8) is 0 Å². The molecular formula is C21H26ClF2N3O. The molecule has 2 aliphatic rings. The second-order valence-electron chi connectivity index (χ2n) is 8.53. The van der Waals surface area contributed by atoms with Crippen molar-refractivity contribution in [3.05, 3.63) is 34.5 Å². The van der Waals surface area contributed by atoms with E-state index in [1.165, 1.54) is 5.56 Å². The summed E-state index contributed by atoms with van der Waals surface area (Å²) < 4.78 is 26.0. The lowest BCUT2D eigenvalue weighted by Gasteiger charge is -2.39. The van der Waals surface area contributed by atoms with Crippen molar-refractivity contribution in [1.29, 1.82) is 0 Å². The van der Waals surface area contributed by atoms with Crippen molar-refractivity contribution >= 4 is 28.4 Å². The van der Waals surface area contributed by atoms with E-state index < -0.39 is 5.92 Å². The standard InChI is InChI=1S/C21H26ClF2N3O/c1-12(2)7-18-20-15(16-8-13(22)3-4-17(16)26-20)5-6-27(18)19(28)11-25-14-9-21(23,24)10-14/h3-4,8,12,14,18,25-26H,5-7,9-11H2,1-2H3. The van der Waals surface area contributed by atoms with Crippen LogP contribution in [0, 0.1) is 5.92 Å². The molecule has 2 N–H and O–H groups in total. The zero-order chi connectivity index (χ0) is 20.1. The monoisotopic (exact) mass is 409 g/mol. The van der Waals surface area contributed by atoms with E-state index >= 15 is 0 Å². The highest BCUT2D eigenvalue weighted by molar-refractivity contribution is 6.31. The smallest absolute Gasteiger partial charge is 0.251 e. The molecule has 1 aliphatic carbocycles. The van der Waals surface area contributed by atoms with E-state index in [0.29, 0.717) is 17.5 Å². The highest BCUT2D eigenvalue weighted by Crippen LogP contribution is 2.39. The van der Waals surface area contributed by atoms with Crippen molar-refractivity contribution in [1.82, 2.24) is 15.2 Å². The van der Waals surface area contributed by atoms with Crippen molar-refractivity contribution in [3.8, 4) is 0 Å². The minimum atomic E-state index is -2.58. The summed E-state index contributed by atoms with van der Waals surface area (Å²) in [5.41, 5.74) is 3.35. The summed E-state index contributed by atoms with van der Waals surface area (Å²) in [7, 11) is 0. The topological polar surface area (TPSA) is 48.1 Å². The van der Waals surface area contributed by atoms with E-state index in [-0.39, 0.29) is 37.4 Å². The van der Waals surface area contributed by atoms with Crippen LogP contribution in [0.15, 0.2) is 18.2 Å². The van der Waals surface area contributed by atoms with Gasteiger partial charge in [-0.25, -0.2) is 8.78 Å². The third-order valence-corrected chi connectivity index (χ3v) is 6.10. The minimum absolute atomic E-state index is 0.0248. The van der Waals surface area contributed by atoms with Gasteiger partial charge in [0.25, 0.3) is 5.92 Å². The fourth-order valence-electron chi connectivity index (χ4n) is 4.47. The lowest BCUT2D eigenvalue weighted by molar-refractivity contribution is -0.135. The molecule has 2 aromatic rings. The number of fused-ring (bicyclic) bond motifs is 3. The molecule has 0 saturated heterocycles. The van der Waals surface area contributed by atoms with Crippen LogP contribution in [-0.2, 0) is 11.2 Å². The van der Waals surface area contributed by atoms with Gasteiger partial charge in [0.05, 0.1) is 12.6 Å². The zero-order valence-electron chi connectivity index (χ0n) is 16.2. The second kappa shape index (κ2) is 7.30. The summed E-state index contributed by atoms with van der Waals surface area (Å²) >= 11 is 6.19. The number of hydrogen-bond acceptors (Lipinski definition) is 2. The van der Waals surface area contributed by atoms with Crippen LogP contribution in [0.3, 0.4) is 0 Å². The number of halogens is 3. The van der Waals surface area contributed by atoms with Gasteiger partial charge in [-0.05, 0) is 42.5 Å². The molecule has 4 rings (SSSR count).